The van der Waals surface area contributed by atoms with Crippen LogP contribution >= 0.6 is 11.6 Å². The van der Waals surface area contributed by atoms with Crippen LogP contribution < -0.4 is 14.2 Å². The largest absolute Gasteiger partial charge is 0.416 e. The van der Waals surface area contributed by atoms with Crippen molar-refractivity contribution in [2.24, 2.45) is 0 Å². The zero-order chi connectivity index (χ0) is 40.0. The first kappa shape index (κ1) is 43.5. The molecule has 0 saturated carbocycles. The standard InChI is InChI=1S/C39H54ClN7O6S2/c1-5-6-7-8-9-10-11-12-13-14-15-16-17-18-25-46(2)39(48)53-38-32(26-29-19-22-31(23-20-29)44-54(3,49)50)34(28-41)37-42-36(43-47(37)38)33-27-30(40)21-24-35(33)45-55(4,51)52/h19-24,27,44-45H,5-18,25-26H2,1-4H3,(H,42,43). The lowest BCUT2D eigenvalue weighted by Gasteiger charge is -2.17. The number of benzene rings is 2. The van der Waals surface area contributed by atoms with E-state index in [1.807, 2.05) is 0 Å². The molecule has 13 nitrogen and oxygen atoms in total. The number of hydrogen-bond donors (Lipinski definition) is 3. The first-order valence-corrected chi connectivity index (χ1v) is 23.2. The fourth-order valence-electron chi connectivity index (χ4n) is 6.45. The fourth-order valence-corrected chi connectivity index (χ4v) is 7.76. The summed E-state index contributed by atoms with van der Waals surface area (Å²) in [6.45, 7) is 2.73. The summed E-state index contributed by atoms with van der Waals surface area (Å²) in [6, 6.07) is 13.4. The number of nitrogens with zero attached hydrogens (tertiary/aromatic N) is 4. The van der Waals surface area contributed by atoms with Crippen LogP contribution in [-0.4, -0.2) is 68.5 Å². The molecule has 0 fully saturated rings. The lowest BCUT2D eigenvalue weighted by atomic mass is 10.0. The molecule has 4 aromatic rings. The van der Waals surface area contributed by atoms with Gasteiger partial charge >= 0.3 is 6.09 Å². The van der Waals surface area contributed by atoms with E-state index in [1.165, 1.54) is 98.2 Å². The third kappa shape index (κ3) is 13.8. The lowest BCUT2D eigenvalue weighted by Crippen LogP contribution is -2.31. The van der Waals surface area contributed by atoms with Crippen LogP contribution in [0.4, 0.5) is 16.2 Å². The van der Waals surface area contributed by atoms with Crippen LogP contribution in [0.2, 0.25) is 5.02 Å². The minimum absolute atomic E-state index is 0.0427. The quantitative estimate of drug-likeness (QED) is 0.0621. The third-order valence-corrected chi connectivity index (χ3v) is 10.7. The second-order valence-corrected chi connectivity index (χ2v) is 18.1. The molecular weight excluding hydrogens is 762 g/mol. The van der Waals surface area contributed by atoms with Gasteiger partial charge in [0.25, 0.3) is 0 Å². The number of fused-ring (bicyclic) bond motifs is 1. The van der Waals surface area contributed by atoms with E-state index in [1.54, 1.807) is 31.3 Å². The SMILES string of the molecule is CCCCCCCCCCCCCCCCN(C)C(=O)Oc1c(Cc2ccc(NS(C)(=O)=O)cc2)c(C#N)c2nc(-c3cc(Cl)ccc3NS(C)(=O)=O)[nH]n12. The van der Waals surface area contributed by atoms with Gasteiger partial charge in [0.1, 0.15) is 11.6 Å². The molecule has 55 heavy (non-hydrogen) atoms. The number of nitriles is 1. The normalized spacial score (nSPS) is 11.8. The Hall–Kier alpha value is -4.26. The van der Waals surface area contributed by atoms with Gasteiger partial charge in [0.15, 0.2) is 11.5 Å². The zero-order valence-electron chi connectivity index (χ0n) is 32.3. The lowest BCUT2D eigenvalue weighted by molar-refractivity contribution is 0.159. The number of aromatic nitrogens is 3. The van der Waals surface area contributed by atoms with Gasteiger partial charge in [-0.2, -0.15) is 5.26 Å². The van der Waals surface area contributed by atoms with Crippen molar-refractivity contribution in [1.82, 2.24) is 19.5 Å². The molecule has 0 aliphatic rings. The van der Waals surface area contributed by atoms with Gasteiger partial charge in [-0.05, 0) is 42.3 Å². The number of ether oxygens (including phenoxy) is 1. The number of rotatable bonds is 23. The first-order chi connectivity index (χ1) is 26.2. The Kier molecular flexibility index (Phi) is 16.3. The molecule has 0 aliphatic carbocycles. The average Bonchev–Trinajstić information content (AvgIpc) is 3.65. The van der Waals surface area contributed by atoms with E-state index in [-0.39, 0.29) is 35.0 Å². The van der Waals surface area contributed by atoms with E-state index >= 15 is 0 Å². The number of sulfonamides is 2. The zero-order valence-corrected chi connectivity index (χ0v) is 34.7. The topological polar surface area (TPSA) is 179 Å². The molecule has 0 bridgehead atoms. The van der Waals surface area contributed by atoms with Crippen molar-refractivity contribution in [1.29, 1.82) is 5.26 Å². The summed E-state index contributed by atoms with van der Waals surface area (Å²) < 4.78 is 60.0. The summed E-state index contributed by atoms with van der Waals surface area (Å²) in [5, 5.41) is 13.8. The maximum absolute atomic E-state index is 13.5. The van der Waals surface area contributed by atoms with Crippen molar-refractivity contribution >= 4 is 54.8 Å². The van der Waals surface area contributed by atoms with Crippen LogP contribution in [0.15, 0.2) is 42.5 Å². The maximum atomic E-state index is 13.5. The number of amides is 1. The molecule has 0 aliphatic heterocycles. The number of carbonyl (C=O) groups is 1. The molecule has 2 aromatic heterocycles. The number of aromatic amines is 1. The maximum Gasteiger partial charge on any atom is 0.416 e. The molecule has 0 saturated heterocycles. The summed E-state index contributed by atoms with van der Waals surface area (Å²) in [5.74, 6) is 0.220. The average molecular weight is 816 g/mol. The molecule has 16 heteroatoms. The van der Waals surface area contributed by atoms with Gasteiger partial charge in [-0.3, -0.25) is 14.5 Å². The number of hydrogen-bond acceptors (Lipinski definition) is 8. The van der Waals surface area contributed by atoms with Crippen molar-refractivity contribution < 1.29 is 26.4 Å². The van der Waals surface area contributed by atoms with Crippen molar-refractivity contribution in [2.75, 3.05) is 35.5 Å². The molecule has 0 atom stereocenters. The van der Waals surface area contributed by atoms with Gasteiger partial charge in [-0.15, -0.1) is 0 Å². The van der Waals surface area contributed by atoms with Crippen LogP contribution in [0.5, 0.6) is 5.88 Å². The van der Waals surface area contributed by atoms with E-state index in [9.17, 15) is 26.9 Å². The molecule has 0 spiro atoms. The molecule has 1 amide bonds. The highest BCUT2D eigenvalue weighted by atomic mass is 35.5. The van der Waals surface area contributed by atoms with Gasteiger partial charge in [0, 0.05) is 41.9 Å². The summed E-state index contributed by atoms with van der Waals surface area (Å²) in [5.41, 5.74) is 2.29. The number of H-pyrrole nitrogens is 1. The van der Waals surface area contributed by atoms with Crippen molar-refractivity contribution in [3.63, 3.8) is 0 Å². The Morgan fingerprint density at radius 1 is 0.873 bits per heavy atom. The molecule has 0 unspecified atom stereocenters. The van der Waals surface area contributed by atoms with Crippen LogP contribution in [0.1, 0.15) is 114 Å². The summed E-state index contributed by atoms with van der Waals surface area (Å²) in [7, 11) is -5.48. The smallest absolute Gasteiger partial charge is 0.391 e. The third-order valence-electron chi connectivity index (χ3n) is 9.26. The van der Waals surface area contributed by atoms with Crippen molar-refractivity contribution in [2.45, 2.75) is 103 Å². The van der Waals surface area contributed by atoms with Gasteiger partial charge in [-0.25, -0.2) is 31.1 Å². The molecule has 4 rings (SSSR count). The summed E-state index contributed by atoms with van der Waals surface area (Å²) >= 11 is 6.29. The molecule has 2 heterocycles. The van der Waals surface area contributed by atoms with Gasteiger partial charge in [-0.1, -0.05) is 114 Å². The van der Waals surface area contributed by atoms with Gasteiger partial charge in [0.05, 0.1) is 18.2 Å². The fraction of sp³-hybridized carbons (Fsp3) is 0.513. The predicted octanol–water partition coefficient (Wildman–Crippen LogP) is 9.10. The van der Waals surface area contributed by atoms with Gasteiger partial charge < -0.3 is 9.64 Å². The minimum Gasteiger partial charge on any atom is -0.391 e. The first-order valence-electron chi connectivity index (χ1n) is 19.0. The number of nitrogens with one attached hydrogen (secondary N) is 3. The van der Waals surface area contributed by atoms with Crippen LogP contribution in [-0.2, 0) is 26.5 Å². The predicted molar refractivity (Wildman–Crippen MR) is 220 cm³/mol. The number of carbonyl (C=O) groups excluding carboxylic acids is 1. The summed E-state index contributed by atoms with van der Waals surface area (Å²) in [4.78, 5) is 19.7. The van der Waals surface area contributed by atoms with Crippen LogP contribution in [0.25, 0.3) is 17.0 Å². The molecule has 3 N–H and O–H groups in total. The number of halogens is 1. The Balaban J connectivity index is 1.48. The molecule has 300 valence electrons. The Labute approximate surface area is 330 Å². The van der Waals surface area contributed by atoms with E-state index in [4.69, 9.17) is 16.3 Å². The van der Waals surface area contributed by atoms with E-state index in [2.05, 4.69) is 32.5 Å². The highest BCUT2D eigenvalue weighted by Crippen LogP contribution is 2.35. The second kappa shape index (κ2) is 20.6. The Morgan fingerprint density at radius 2 is 1.44 bits per heavy atom. The minimum atomic E-state index is -3.67. The van der Waals surface area contributed by atoms with E-state index in [0.29, 0.717) is 33.9 Å². The molecular formula is C39H54ClN7O6S2. The molecule has 0 radical (unpaired) electrons. The molecule has 2 aromatic carbocycles. The van der Waals surface area contributed by atoms with Gasteiger partial charge in [0.2, 0.25) is 25.9 Å². The van der Waals surface area contributed by atoms with Crippen LogP contribution in [0, 0.1) is 11.3 Å². The van der Waals surface area contributed by atoms with E-state index in [0.717, 1.165) is 31.8 Å². The van der Waals surface area contributed by atoms with Crippen molar-refractivity contribution in [3.8, 4) is 23.3 Å². The summed E-state index contributed by atoms with van der Waals surface area (Å²) in [6.07, 6.45) is 18.9. The van der Waals surface area contributed by atoms with Crippen LogP contribution in [0.3, 0.4) is 0 Å². The number of unbranched alkanes of at least 4 members (excludes halogenated alkanes) is 13. The van der Waals surface area contributed by atoms with E-state index < -0.39 is 26.1 Å². The monoisotopic (exact) mass is 815 g/mol. The second-order valence-electron chi connectivity index (χ2n) is 14.2. The highest BCUT2D eigenvalue weighted by Gasteiger charge is 2.27. The Bertz CT molecular complexity index is 2140. The number of anilines is 2. The van der Waals surface area contributed by atoms with Crippen molar-refractivity contribution in [3.05, 3.63) is 64.2 Å². The Morgan fingerprint density at radius 3 is 1.98 bits per heavy atom. The highest BCUT2D eigenvalue weighted by molar-refractivity contribution is 7.92.